The van der Waals surface area contributed by atoms with Crippen molar-refractivity contribution in [3.63, 3.8) is 0 Å². The topological polar surface area (TPSA) is 81.2 Å². The number of benzene rings is 1. The molecule has 0 aliphatic heterocycles. The third-order valence-electron chi connectivity index (χ3n) is 3.11. The molecule has 1 N–H and O–H groups in total. The summed E-state index contributed by atoms with van der Waals surface area (Å²) < 4.78 is 32.5. The van der Waals surface area contributed by atoms with Gasteiger partial charge in [-0.15, -0.1) is 0 Å². The van der Waals surface area contributed by atoms with Crippen molar-refractivity contribution < 1.29 is 13.2 Å². The second-order valence-electron chi connectivity index (χ2n) is 4.55. The number of anilines is 1. The monoisotopic (exact) mass is 315 g/mol. The number of aromatic nitrogens is 2. The fourth-order valence-electron chi connectivity index (χ4n) is 2.05. The minimum absolute atomic E-state index is 0.0276. The van der Waals surface area contributed by atoms with E-state index in [0.29, 0.717) is 17.0 Å². The number of methoxy groups -OCH3 is 1. The molecule has 0 aliphatic rings. The van der Waals surface area contributed by atoms with Crippen molar-refractivity contribution in [1.82, 2.24) is 9.97 Å². The fourth-order valence-corrected chi connectivity index (χ4v) is 3.09. The van der Waals surface area contributed by atoms with Crippen molar-refractivity contribution in [2.45, 2.75) is 4.90 Å². The summed E-state index contributed by atoms with van der Waals surface area (Å²) in [5.74, 6) is 0.374. The van der Waals surface area contributed by atoms with Gasteiger partial charge in [-0.1, -0.05) is 18.2 Å². The molecule has 0 saturated heterocycles. The van der Waals surface area contributed by atoms with Crippen LogP contribution in [0.1, 0.15) is 0 Å². The van der Waals surface area contributed by atoms with E-state index in [0.717, 1.165) is 5.39 Å². The van der Waals surface area contributed by atoms with Crippen LogP contribution in [0.5, 0.6) is 5.75 Å². The maximum atomic E-state index is 12.5. The number of hydrogen-bond acceptors (Lipinski definition) is 5. The molecule has 3 rings (SSSR count). The van der Waals surface area contributed by atoms with Gasteiger partial charge in [0.05, 0.1) is 24.5 Å². The Morgan fingerprint density at radius 2 is 1.95 bits per heavy atom. The Labute approximate surface area is 127 Å². The minimum Gasteiger partial charge on any atom is -0.495 e. The SMILES string of the molecule is COc1cncc(S(=O)(=O)Nc2cccc3cccnc23)c1. The molecule has 0 bridgehead atoms. The second-order valence-corrected chi connectivity index (χ2v) is 6.23. The van der Waals surface area contributed by atoms with Crippen LogP contribution in [0.15, 0.2) is 59.9 Å². The van der Waals surface area contributed by atoms with Gasteiger partial charge in [0.15, 0.2) is 0 Å². The molecule has 1 aromatic carbocycles. The van der Waals surface area contributed by atoms with Crippen LogP contribution in [-0.4, -0.2) is 25.5 Å². The second kappa shape index (κ2) is 5.61. The summed E-state index contributed by atoms with van der Waals surface area (Å²) in [5.41, 5.74) is 1.00. The number of fused-ring (bicyclic) bond motifs is 1. The van der Waals surface area contributed by atoms with Gasteiger partial charge in [-0.25, -0.2) is 8.42 Å². The van der Waals surface area contributed by atoms with Gasteiger partial charge in [0.25, 0.3) is 10.0 Å². The highest BCUT2D eigenvalue weighted by atomic mass is 32.2. The number of rotatable bonds is 4. The van der Waals surface area contributed by atoms with Crippen molar-refractivity contribution in [2.24, 2.45) is 0 Å². The Balaban J connectivity index is 2.03. The van der Waals surface area contributed by atoms with E-state index in [1.807, 2.05) is 12.1 Å². The van der Waals surface area contributed by atoms with Crippen LogP contribution in [-0.2, 0) is 10.0 Å². The average molecular weight is 315 g/mol. The van der Waals surface area contributed by atoms with Crippen molar-refractivity contribution >= 4 is 26.6 Å². The highest BCUT2D eigenvalue weighted by Crippen LogP contribution is 2.24. The number of sulfonamides is 1. The number of nitrogens with zero attached hydrogens (tertiary/aromatic N) is 2. The highest BCUT2D eigenvalue weighted by molar-refractivity contribution is 7.92. The first kappa shape index (κ1) is 14.3. The van der Waals surface area contributed by atoms with Crippen LogP contribution in [0.4, 0.5) is 5.69 Å². The van der Waals surface area contributed by atoms with Crippen LogP contribution < -0.4 is 9.46 Å². The quantitative estimate of drug-likeness (QED) is 0.799. The Morgan fingerprint density at radius 1 is 1.14 bits per heavy atom. The largest absolute Gasteiger partial charge is 0.495 e. The lowest BCUT2D eigenvalue weighted by Gasteiger charge is -2.10. The highest BCUT2D eigenvalue weighted by Gasteiger charge is 2.17. The number of para-hydroxylation sites is 1. The van der Waals surface area contributed by atoms with E-state index in [-0.39, 0.29) is 4.90 Å². The van der Waals surface area contributed by atoms with Crippen LogP contribution in [0.2, 0.25) is 0 Å². The van der Waals surface area contributed by atoms with Gasteiger partial charge in [0, 0.05) is 23.8 Å². The Kier molecular flexibility index (Phi) is 3.64. The van der Waals surface area contributed by atoms with E-state index in [1.54, 1.807) is 24.4 Å². The Bertz CT molecular complexity index is 921. The number of nitrogens with one attached hydrogen (secondary N) is 1. The molecule has 22 heavy (non-hydrogen) atoms. The molecule has 6 nitrogen and oxygen atoms in total. The fraction of sp³-hybridized carbons (Fsp3) is 0.0667. The Morgan fingerprint density at radius 3 is 2.77 bits per heavy atom. The lowest BCUT2D eigenvalue weighted by molar-refractivity contribution is 0.411. The van der Waals surface area contributed by atoms with Crippen molar-refractivity contribution in [3.05, 3.63) is 55.0 Å². The van der Waals surface area contributed by atoms with Crippen LogP contribution in [0.25, 0.3) is 10.9 Å². The zero-order chi connectivity index (χ0) is 15.6. The molecule has 0 aliphatic carbocycles. The first-order valence-corrected chi connectivity index (χ1v) is 7.94. The third-order valence-corrected chi connectivity index (χ3v) is 4.44. The van der Waals surface area contributed by atoms with E-state index < -0.39 is 10.0 Å². The first-order chi connectivity index (χ1) is 10.6. The third kappa shape index (κ3) is 2.71. The molecule has 0 atom stereocenters. The molecular formula is C15H13N3O3S. The van der Waals surface area contributed by atoms with Crippen LogP contribution >= 0.6 is 0 Å². The summed E-state index contributed by atoms with van der Waals surface area (Å²) in [6.07, 6.45) is 4.33. The van der Waals surface area contributed by atoms with E-state index in [1.165, 1.54) is 25.6 Å². The number of hydrogen-bond donors (Lipinski definition) is 1. The van der Waals surface area contributed by atoms with Gasteiger partial charge in [-0.2, -0.15) is 0 Å². The maximum absolute atomic E-state index is 12.5. The van der Waals surface area contributed by atoms with Crippen LogP contribution in [0.3, 0.4) is 0 Å². The summed E-state index contributed by atoms with van der Waals surface area (Å²) in [6, 6.07) is 10.4. The molecule has 0 fully saturated rings. The van der Waals surface area contributed by atoms with Gasteiger partial charge < -0.3 is 4.74 Å². The predicted molar refractivity (Wildman–Crippen MR) is 83.3 cm³/mol. The lowest BCUT2D eigenvalue weighted by atomic mass is 10.2. The molecule has 112 valence electrons. The number of pyridine rings is 2. The van der Waals surface area contributed by atoms with Gasteiger partial charge in [-0.05, 0) is 12.1 Å². The predicted octanol–water partition coefficient (Wildman–Crippen LogP) is 2.44. The van der Waals surface area contributed by atoms with E-state index in [4.69, 9.17) is 4.74 Å². The molecule has 0 saturated carbocycles. The standard InChI is InChI=1S/C15H13N3O3S/c1-21-12-8-13(10-16-9-12)22(19,20)18-14-6-2-4-11-5-3-7-17-15(11)14/h2-10,18H,1H3. The summed E-state index contributed by atoms with van der Waals surface area (Å²) in [4.78, 5) is 8.12. The Hall–Kier alpha value is -2.67. The van der Waals surface area contributed by atoms with Crippen molar-refractivity contribution in [3.8, 4) is 5.75 Å². The zero-order valence-corrected chi connectivity index (χ0v) is 12.5. The minimum atomic E-state index is -3.77. The molecule has 2 heterocycles. The molecule has 0 spiro atoms. The molecule has 0 amide bonds. The van der Waals surface area contributed by atoms with Gasteiger partial charge in [0.2, 0.25) is 0 Å². The summed E-state index contributed by atoms with van der Waals surface area (Å²) in [6.45, 7) is 0. The maximum Gasteiger partial charge on any atom is 0.263 e. The average Bonchev–Trinajstić information content (AvgIpc) is 2.55. The van der Waals surface area contributed by atoms with Gasteiger partial charge >= 0.3 is 0 Å². The molecule has 3 aromatic rings. The van der Waals surface area contributed by atoms with Crippen molar-refractivity contribution in [1.29, 1.82) is 0 Å². The number of ether oxygens (including phenoxy) is 1. The summed E-state index contributed by atoms with van der Waals surface area (Å²) >= 11 is 0. The zero-order valence-electron chi connectivity index (χ0n) is 11.7. The lowest BCUT2D eigenvalue weighted by Crippen LogP contribution is -2.13. The van der Waals surface area contributed by atoms with Gasteiger partial charge in [-0.3, -0.25) is 14.7 Å². The molecular weight excluding hydrogens is 302 g/mol. The first-order valence-electron chi connectivity index (χ1n) is 6.46. The smallest absolute Gasteiger partial charge is 0.263 e. The van der Waals surface area contributed by atoms with Crippen LogP contribution in [0, 0.1) is 0 Å². The molecule has 7 heteroatoms. The van der Waals surface area contributed by atoms with Crippen molar-refractivity contribution in [2.75, 3.05) is 11.8 Å². The molecule has 0 unspecified atom stereocenters. The summed E-state index contributed by atoms with van der Waals surface area (Å²) in [5, 5.41) is 0.853. The van der Waals surface area contributed by atoms with Gasteiger partial charge in [0.1, 0.15) is 10.6 Å². The van der Waals surface area contributed by atoms with E-state index >= 15 is 0 Å². The molecule has 0 radical (unpaired) electrons. The van der Waals surface area contributed by atoms with E-state index in [2.05, 4.69) is 14.7 Å². The molecule has 2 aromatic heterocycles. The normalized spacial score (nSPS) is 11.3. The summed E-state index contributed by atoms with van der Waals surface area (Å²) in [7, 11) is -2.32. The van der Waals surface area contributed by atoms with E-state index in [9.17, 15) is 8.42 Å².